The van der Waals surface area contributed by atoms with E-state index in [1.165, 1.54) is 25.1 Å². The summed E-state index contributed by atoms with van der Waals surface area (Å²) < 4.78 is 18.3. The van der Waals surface area contributed by atoms with Gasteiger partial charge in [-0.1, -0.05) is 12.1 Å². The van der Waals surface area contributed by atoms with Crippen LogP contribution in [0.5, 0.6) is 17.2 Å². The van der Waals surface area contributed by atoms with Crippen LogP contribution >= 0.6 is 40.3 Å². The molecule has 0 radical (unpaired) electrons. The van der Waals surface area contributed by atoms with Crippen LogP contribution in [0.3, 0.4) is 0 Å². The average Bonchev–Trinajstić information content (AvgIpc) is 2.73. The predicted molar refractivity (Wildman–Crippen MR) is 123 cm³/mol. The van der Waals surface area contributed by atoms with Crippen LogP contribution in [0, 0.1) is 0 Å². The van der Waals surface area contributed by atoms with E-state index in [1.54, 1.807) is 36.4 Å². The van der Waals surface area contributed by atoms with Crippen LogP contribution < -0.4 is 4.74 Å². The van der Waals surface area contributed by atoms with Gasteiger partial charge in [0.25, 0.3) is 0 Å². The molecule has 0 saturated carbocycles. The molecule has 31 heavy (non-hydrogen) atoms. The number of phenols is 1. The summed E-state index contributed by atoms with van der Waals surface area (Å²) in [5.74, 6) is 0.0132. The van der Waals surface area contributed by atoms with E-state index in [0.717, 1.165) is 5.56 Å². The van der Waals surface area contributed by atoms with Crippen molar-refractivity contribution in [3.8, 4) is 17.2 Å². The molecular formula is C22H17Br2O6P. The number of phenolic OH excluding ortho intramolecular Hbond substituents is 1. The van der Waals surface area contributed by atoms with Crippen LogP contribution in [0.1, 0.15) is 34.0 Å². The Morgan fingerprint density at radius 1 is 1.06 bits per heavy atom. The Morgan fingerprint density at radius 3 is 2.23 bits per heavy atom. The number of benzene rings is 3. The molecule has 0 aliphatic heterocycles. The lowest BCUT2D eigenvalue weighted by Crippen LogP contribution is -2.12. The van der Waals surface area contributed by atoms with E-state index < -0.39 is 19.8 Å². The molecule has 0 spiro atoms. The molecule has 6 nitrogen and oxygen atoms in total. The van der Waals surface area contributed by atoms with Crippen molar-refractivity contribution < 1.29 is 29.4 Å². The summed E-state index contributed by atoms with van der Waals surface area (Å²) in [4.78, 5) is 11.0. The molecule has 3 rings (SSSR count). The van der Waals surface area contributed by atoms with Crippen molar-refractivity contribution in [2.75, 3.05) is 0 Å². The molecule has 0 fully saturated rings. The van der Waals surface area contributed by atoms with E-state index in [1.807, 2.05) is 0 Å². The minimum absolute atomic E-state index is 0.0913. The fourth-order valence-corrected chi connectivity index (χ4v) is 4.44. The first-order chi connectivity index (χ1) is 14.6. The van der Waals surface area contributed by atoms with Crippen molar-refractivity contribution in [2.45, 2.75) is 18.7 Å². The van der Waals surface area contributed by atoms with Crippen LogP contribution in [-0.2, 0) is 16.3 Å². The van der Waals surface area contributed by atoms with Gasteiger partial charge in [0.1, 0.15) is 11.5 Å². The van der Waals surface area contributed by atoms with Gasteiger partial charge in [0.05, 0.1) is 14.5 Å². The Morgan fingerprint density at radius 2 is 1.68 bits per heavy atom. The molecule has 1 unspecified atom stereocenters. The molecular weight excluding hydrogens is 551 g/mol. The molecule has 160 valence electrons. The van der Waals surface area contributed by atoms with E-state index in [-0.39, 0.29) is 11.3 Å². The maximum absolute atomic E-state index is 11.2. The molecule has 0 aliphatic carbocycles. The topological polar surface area (TPSA) is 104 Å². The summed E-state index contributed by atoms with van der Waals surface area (Å²) in [7, 11) is -0.427. The molecule has 0 heterocycles. The second-order valence-electron chi connectivity index (χ2n) is 6.95. The number of aromatic hydroxyl groups is 1. The summed E-state index contributed by atoms with van der Waals surface area (Å²) in [6, 6.07) is 14.5. The van der Waals surface area contributed by atoms with E-state index in [9.17, 15) is 19.6 Å². The molecule has 0 saturated heterocycles. The zero-order valence-electron chi connectivity index (χ0n) is 16.2. The lowest BCUT2D eigenvalue weighted by molar-refractivity contribution is 0.0697. The zero-order valence-corrected chi connectivity index (χ0v) is 20.2. The SMILES string of the molecule is CC(O)(P=O)c1cc(Br)c(Oc2ccc(O)c(Cc3ccc(C(=O)O)cc3)c2)c(Br)c1. The first kappa shape index (κ1) is 23.4. The lowest BCUT2D eigenvalue weighted by Gasteiger charge is -2.18. The fraction of sp³-hybridized carbons (Fsp3) is 0.136. The van der Waals surface area contributed by atoms with Gasteiger partial charge in [0.15, 0.2) is 19.6 Å². The standard InChI is InChI=1S/C22H17Br2O6P/c1-22(28,31-29)15-10-17(23)20(18(24)11-15)30-16-6-7-19(25)14(9-16)8-12-2-4-13(5-3-12)21(26)27/h2-7,9-11,25,28H,8H2,1H3,(H,26,27). The lowest BCUT2D eigenvalue weighted by atomic mass is 10.0. The molecule has 0 bridgehead atoms. The second kappa shape index (κ2) is 9.49. The Balaban J connectivity index is 1.87. The molecule has 3 aromatic rings. The third-order valence-corrected chi connectivity index (χ3v) is 6.38. The molecule has 0 amide bonds. The van der Waals surface area contributed by atoms with Crippen LogP contribution in [-0.4, -0.2) is 21.3 Å². The number of halogens is 2. The third-order valence-electron chi connectivity index (χ3n) is 4.59. The molecule has 9 heteroatoms. The van der Waals surface area contributed by atoms with Gasteiger partial charge in [-0.15, -0.1) is 0 Å². The van der Waals surface area contributed by atoms with Crippen LogP contribution in [0.25, 0.3) is 0 Å². The highest BCUT2D eigenvalue weighted by Crippen LogP contribution is 2.43. The van der Waals surface area contributed by atoms with Gasteiger partial charge in [-0.3, -0.25) is 4.57 Å². The fourth-order valence-electron chi connectivity index (χ4n) is 2.85. The number of carboxylic acids is 1. The Hall–Kier alpha value is -2.25. The normalized spacial score (nSPS) is 13.0. The molecule has 3 aromatic carbocycles. The van der Waals surface area contributed by atoms with Crippen LogP contribution in [0.2, 0.25) is 0 Å². The van der Waals surface area contributed by atoms with Gasteiger partial charge in [0, 0.05) is 12.0 Å². The maximum Gasteiger partial charge on any atom is 0.335 e. The number of rotatable bonds is 7. The average molecular weight is 568 g/mol. The first-order valence-corrected chi connectivity index (χ1v) is 11.4. The third kappa shape index (κ3) is 5.52. The highest BCUT2D eigenvalue weighted by Gasteiger charge is 2.26. The second-order valence-corrected chi connectivity index (χ2v) is 9.71. The molecule has 1 atom stereocenters. The summed E-state index contributed by atoms with van der Waals surface area (Å²) in [5.41, 5.74) is 2.07. The van der Waals surface area contributed by atoms with Gasteiger partial charge in [-0.2, -0.15) is 0 Å². The summed E-state index contributed by atoms with van der Waals surface area (Å²) in [6.45, 7) is 1.44. The van der Waals surface area contributed by atoms with Gasteiger partial charge >= 0.3 is 5.97 Å². The molecule has 0 aliphatic rings. The van der Waals surface area contributed by atoms with E-state index in [2.05, 4.69) is 31.9 Å². The summed E-state index contributed by atoms with van der Waals surface area (Å²) >= 11 is 6.83. The van der Waals surface area contributed by atoms with Gasteiger partial charge < -0.3 is 20.1 Å². The first-order valence-electron chi connectivity index (χ1n) is 8.99. The van der Waals surface area contributed by atoms with E-state index >= 15 is 0 Å². The number of hydrogen-bond acceptors (Lipinski definition) is 5. The Bertz CT molecular complexity index is 1120. The van der Waals surface area contributed by atoms with Crippen LogP contribution in [0.4, 0.5) is 0 Å². The highest BCUT2D eigenvalue weighted by atomic mass is 79.9. The molecule has 0 aromatic heterocycles. The molecule has 3 N–H and O–H groups in total. The van der Waals surface area contributed by atoms with Crippen molar-refractivity contribution in [1.82, 2.24) is 0 Å². The summed E-state index contributed by atoms with van der Waals surface area (Å²) in [6.07, 6.45) is 0.385. The monoisotopic (exact) mass is 566 g/mol. The predicted octanol–water partition coefficient (Wildman–Crippen LogP) is 6.46. The van der Waals surface area contributed by atoms with Crippen molar-refractivity contribution in [2.24, 2.45) is 0 Å². The number of carboxylic acid groups (broad SMARTS) is 1. The minimum atomic E-state index is -1.54. The van der Waals surface area contributed by atoms with Crippen molar-refractivity contribution in [3.63, 3.8) is 0 Å². The van der Waals surface area contributed by atoms with Gasteiger partial charge in [-0.25, -0.2) is 4.79 Å². The number of carbonyl (C=O) groups is 1. The highest BCUT2D eigenvalue weighted by molar-refractivity contribution is 9.11. The smallest absolute Gasteiger partial charge is 0.335 e. The quantitative estimate of drug-likeness (QED) is 0.283. The van der Waals surface area contributed by atoms with E-state index in [4.69, 9.17) is 9.84 Å². The Labute approximate surface area is 197 Å². The van der Waals surface area contributed by atoms with Gasteiger partial charge in [0.2, 0.25) is 0 Å². The van der Waals surface area contributed by atoms with Gasteiger partial charge in [-0.05, 0) is 92.4 Å². The van der Waals surface area contributed by atoms with Crippen LogP contribution in [0.15, 0.2) is 63.5 Å². The van der Waals surface area contributed by atoms with Crippen molar-refractivity contribution >= 4 is 46.3 Å². The largest absolute Gasteiger partial charge is 0.508 e. The number of aromatic carboxylic acids is 1. The number of ether oxygens (including phenoxy) is 1. The maximum atomic E-state index is 11.2. The number of hydrogen-bond donors (Lipinski definition) is 3. The van der Waals surface area contributed by atoms with E-state index in [0.29, 0.717) is 38.0 Å². The van der Waals surface area contributed by atoms with Crippen molar-refractivity contribution in [1.29, 1.82) is 0 Å². The zero-order chi connectivity index (χ0) is 22.8. The minimum Gasteiger partial charge on any atom is -0.508 e. The van der Waals surface area contributed by atoms with Crippen molar-refractivity contribution in [3.05, 3.63) is 85.8 Å². The summed E-state index contributed by atoms with van der Waals surface area (Å²) in [5, 5.41) is 27.9. The number of aliphatic hydroxyl groups is 1. The Kier molecular flexibility index (Phi) is 7.17.